The molecule has 0 spiro atoms. The van der Waals surface area contributed by atoms with E-state index in [2.05, 4.69) is 5.32 Å². The number of benzene rings is 1. The summed E-state index contributed by atoms with van der Waals surface area (Å²) in [5.41, 5.74) is 0.822. The SMILES string of the molecule is O=[N+]([O-])c1cccc(Cl)c1C1CCCNC1. The zero-order valence-electron chi connectivity index (χ0n) is 8.78. The van der Waals surface area contributed by atoms with E-state index in [-0.39, 0.29) is 16.5 Å². The van der Waals surface area contributed by atoms with Gasteiger partial charge in [0.2, 0.25) is 0 Å². The molecule has 1 aliphatic heterocycles. The molecule has 5 heteroatoms. The van der Waals surface area contributed by atoms with E-state index in [0.29, 0.717) is 10.6 Å². The van der Waals surface area contributed by atoms with E-state index in [0.717, 1.165) is 25.9 Å². The number of hydrogen-bond donors (Lipinski definition) is 1. The normalized spacial score (nSPS) is 20.7. The molecule has 0 aromatic heterocycles. The Morgan fingerprint density at radius 3 is 2.94 bits per heavy atom. The largest absolute Gasteiger partial charge is 0.316 e. The van der Waals surface area contributed by atoms with Crippen LogP contribution in [0.3, 0.4) is 0 Å². The Labute approximate surface area is 98.8 Å². The first-order valence-electron chi connectivity index (χ1n) is 5.33. The molecule has 16 heavy (non-hydrogen) atoms. The topological polar surface area (TPSA) is 55.2 Å². The van der Waals surface area contributed by atoms with Gasteiger partial charge in [0.05, 0.1) is 15.5 Å². The lowest BCUT2D eigenvalue weighted by atomic mass is 9.90. The van der Waals surface area contributed by atoms with Crippen LogP contribution in [0.5, 0.6) is 0 Å². The highest BCUT2D eigenvalue weighted by molar-refractivity contribution is 6.31. The minimum Gasteiger partial charge on any atom is -0.316 e. The lowest BCUT2D eigenvalue weighted by Crippen LogP contribution is -2.28. The first-order chi connectivity index (χ1) is 7.70. The first kappa shape index (κ1) is 11.4. The molecule has 1 fully saturated rings. The van der Waals surface area contributed by atoms with Crippen molar-refractivity contribution in [2.45, 2.75) is 18.8 Å². The molecule has 86 valence electrons. The van der Waals surface area contributed by atoms with Crippen molar-refractivity contribution >= 4 is 17.3 Å². The van der Waals surface area contributed by atoms with Gasteiger partial charge in [-0.3, -0.25) is 10.1 Å². The summed E-state index contributed by atoms with van der Waals surface area (Å²) in [6.45, 7) is 1.75. The van der Waals surface area contributed by atoms with Crippen LogP contribution in [0.25, 0.3) is 0 Å². The smallest absolute Gasteiger partial charge is 0.274 e. The highest BCUT2D eigenvalue weighted by Gasteiger charge is 2.25. The van der Waals surface area contributed by atoms with E-state index < -0.39 is 0 Å². The van der Waals surface area contributed by atoms with Crippen LogP contribution in [-0.2, 0) is 0 Å². The number of nitro groups is 1. The van der Waals surface area contributed by atoms with Crippen molar-refractivity contribution in [3.8, 4) is 0 Å². The van der Waals surface area contributed by atoms with Crippen LogP contribution in [0.2, 0.25) is 5.02 Å². The summed E-state index contributed by atoms with van der Waals surface area (Å²) in [4.78, 5) is 10.6. The molecule has 0 aliphatic carbocycles. The molecule has 0 amide bonds. The second-order valence-corrected chi connectivity index (χ2v) is 4.38. The quantitative estimate of drug-likeness (QED) is 0.639. The molecule has 1 aromatic carbocycles. The molecule has 2 rings (SSSR count). The summed E-state index contributed by atoms with van der Waals surface area (Å²) < 4.78 is 0. The Morgan fingerprint density at radius 2 is 2.31 bits per heavy atom. The average molecular weight is 241 g/mol. The van der Waals surface area contributed by atoms with Crippen molar-refractivity contribution in [1.29, 1.82) is 0 Å². The second-order valence-electron chi connectivity index (χ2n) is 3.97. The summed E-state index contributed by atoms with van der Waals surface area (Å²) >= 11 is 6.07. The van der Waals surface area contributed by atoms with Crippen LogP contribution in [0, 0.1) is 10.1 Å². The zero-order chi connectivity index (χ0) is 11.5. The lowest BCUT2D eigenvalue weighted by Gasteiger charge is -2.23. The van der Waals surface area contributed by atoms with Crippen LogP contribution in [0.1, 0.15) is 24.3 Å². The van der Waals surface area contributed by atoms with Crippen LogP contribution in [-0.4, -0.2) is 18.0 Å². The van der Waals surface area contributed by atoms with Gasteiger partial charge < -0.3 is 5.32 Å². The Kier molecular flexibility index (Phi) is 3.41. The third-order valence-corrected chi connectivity index (χ3v) is 3.26. The van der Waals surface area contributed by atoms with Crippen molar-refractivity contribution in [2.24, 2.45) is 0 Å². The number of nitrogens with zero attached hydrogens (tertiary/aromatic N) is 1. The van der Waals surface area contributed by atoms with E-state index >= 15 is 0 Å². The third-order valence-electron chi connectivity index (χ3n) is 2.93. The number of halogens is 1. The fourth-order valence-electron chi connectivity index (χ4n) is 2.19. The summed E-state index contributed by atoms with van der Waals surface area (Å²) in [5, 5.41) is 14.7. The second kappa shape index (κ2) is 4.80. The van der Waals surface area contributed by atoms with Gasteiger partial charge in [0, 0.05) is 18.5 Å². The minimum atomic E-state index is -0.351. The van der Waals surface area contributed by atoms with Gasteiger partial charge in [0.1, 0.15) is 0 Å². The maximum absolute atomic E-state index is 10.9. The van der Waals surface area contributed by atoms with Crippen LogP contribution < -0.4 is 5.32 Å². The summed E-state index contributed by atoms with van der Waals surface area (Å²) in [7, 11) is 0. The highest BCUT2D eigenvalue weighted by atomic mass is 35.5. The molecular formula is C11H13ClN2O2. The number of piperidine rings is 1. The average Bonchev–Trinajstić information content (AvgIpc) is 2.29. The lowest BCUT2D eigenvalue weighted by molar-refractivity contribution is -0.385. The van der Waals surface area contributed by atoms with E-state index in [4.69, 9.17) is 11.6 Å². The molecule has 4 nitrogen and oxygen atoms in total. The van der Waals surface area contributed by atoms with Gasteiger partial charge >= 0.3 is 0 Å². The molecule has 1 aliphatic rings. The Bertz CT molecular complexity index is 403. The third kappa shape index (κ3) is 2.18. The molecule has 1 aromatic rings. The van der Waals surface area contributed by atoms with Gasteiger partial charge in [-0.2, -0.15) is 0 Å². The summed E-state index contributed by atoms with van der Waals surface area (Å²) in [6.07, 6.45) is 1.99. The summed E-state index contributed by atoms with van der Waals surface area (Å²) in [6, 6.07) is 4.87. The molecule has 1 heterocycles. The predicted octanol–water partition coefficient (Wildman–Crippen LogP) is 2.72. The van der Waals surface area contributed by atoms with Gasteiger partial charge in [0.15, 0.2) is 0 Å². The van der Waals surface area contributed by atoms with Crippen molar-refractivity contribution in [3.63, 3.8) is 0 Å². The number of nitrogens with one attached hydrogen (secondary N) is 1. The monoisotopic (exact) mass is 240 g/mol. The maximum Gasteiger partial charge on any atom is 0.274 e. The van der Waals surface area contributed by atoms with Gasteiger partial charge in [-0.25, -0.2) is 0 Å². The molecule has 0 saturated carbocycles. The first-order valence-corrected chi connectivity index (χ1v) is 5.71. The number of rotatable bonds is 2. The molecule has 1 saturated heterocycles. The van der Waals surface area contributed by atoms with Crippen molar-refractivity contribution < 1.29 is 4.92 Å². The van der Waals surface area contributed by atoms with Gasteiger partial charge in [0.25, 0.3) is 5.69 Å². The Balaban J connectivity index is 2.40. The number of nitro benzene ring substituents is 1. The number of hydrogen-bond acceptors (Lipinski definition) is 3. The maximum atomic E-state index is 10.9. The van der Waals surface area contributed by atoms with Gasteiger partial charge in [-0.1, -0.05) is 17.7 Å². The molecule has 1 N–H and O–H groups in total. The minimum absolute atomic E-state index is 0.140. The summed E-state index contributed by atoms with van der Waals surface area (Å²) in [5.74, 6) is 0.155. The fourth-order valence-corrected chi connectivity index (χ4v) is 2.51. The van der Waals surface area contributed by atoms with Crippen molar-refractivity contribution in [3.05, 3.63) is 38.9 Å². The van der Waals surface area contributed by atoms with Crippen molar-refractivity contribution in [1.82, 2.24) is 5.32 Å². The van der Waals surface area contributed by atoms with Crippen LogP contribution in [0.4, 0.5) is 5.69 Å². The van der Waals surface area contributed by atoms with Crippen LogP contribution in [0.15, 0.2) is 18.2 Å². The van der Waals surface area contributed by atoms with Gasteiger partial charge in [-0.15, -0.1) is 0 Å². The van der Waals surface area contributed by atoms with Crippen molar-refractivity contribution in [2.75, 3.05) is 13.1 Å². The highest BCUT2D eigenvalue weighted by Crippen LogP contribution is 2.36. The van der Waals surface area contributed by atoms with E-state index in [1.807, 2.05) is 0 Å². The zero-order valence-corrected chi connectivity index (χ0v) is 9.54. The van der Waals surface area contributed by atoms with E-state index in [1.54, 1.807) is 12.1 Å². The van der Waals surface area contributed by atoms with Gasteiger partial charge in [-0.05, 0) is 25.5 Å². The fraction of sp³-hybridized carbons (Fsp3) is 0.455. The van der Waals surface area contributed by atoms with Crippen LogP contribution >= 0.6 is 11.6 Å². The predicted molar refractivity (Wildman–Crippen MR) is 63.0 cm³/mol. The Morgan fingerprint density at radius 1 is 1.50 bits per heavy atom. The molecule has 1 atom stereocenters. The molecule has 1 unspecified atom stereocenters. The molecular weight excluding hydrogens is 228 g/mol. The molecule has 0 radical (unpaired) electrons. The Hall–Kier alpha value is -1.13. The molecule has 0 bridgehead atoms. The van der Waals surface area contributed by atoms with E-state index in [1.165, 1.54) is 6.07 Å². The van der Waals surface area contributed by atoms with E-state index in [9.17, 15) is 10.1 Å². The standard InChI is InChI=1S/C11H13ClN2O2/c12-9-4-1-5-10(14(15)16)11(9)8-3-2-6-13-7-8/h1,4-5,8,13H,2-3,6-7H2.